The number of carbonyl (C=O) groups excluding carboxylic acids is 2. The summed E-state index contributed by atoms with van der Waals surface area (Å²) in [5, 5.41) is 5.73. The molecule has 4 N–H and O–H groups in total. The van der Waals surface area contributed by atoms with Crippen molar-refractivity contribution >= 4 is 29.1 Å². The lowest BCUT2D eigenvalue weighted by molar-refractivity contribution is -0.128. The van der Waals surface area contributed by atoms with E-state index in [1.54, 1.807) is 0 Å². The quantitative estimate of drug-likeness (QED) is 0.568. The van der Waals surface area contributed by atoms with Gasteiger partial charge in [0.05, 0.1) is 23.4 Å². The maximum atomic E-state index is 12.1. The zero-order valence-electron chi connectivity index (χ0n) is 13.2. The van der Waals surface area contributed by atoms with Crippen LogP contribution in [-0.2, 0) is 4.79 Å². The molecule has 1 aromatic carbocycles. The topological polar surface area (TPSA) is 93.4 Å². The van der Waals surface area contributed by atoms with Gasteiger partial charge in [0, 0.05) is 24.6 Å². The lowest BCUT2D eigenvalue weighted by atomic mass is 9.96. The first-order chi connectivity index (χ1) is 10.2. The highest BCUT2D eigenvalue weighted by molar-refractivity contribution is 6.33. The van der Waals surface area contributed by atoms with E-state index in [9.17, 15) is 9.59 Å². The summed E-state index contributed by atoms with van der Waals surface area (Å²) in [6.45, 7) is 6.10. The summed E-state index contributed by atoms with van der Waals surface area (Å²) < 4.78 is 5.12. The standard InChI is InChI=1S/C15H22ClN3O3/c1-15(2,3)14(21)19-6-5-18-13(20)9-7-10(16)11(17)8-12(9)22-4/h7-8H,5-6,17H2,1-4H3,(H,18,20)(H,19,21). The number of nitrogen functional groups attached to an aromatic ring is 1. The Hall–Kier alpha value is -1.95. The van der Waals surface area contributed by atoms with Crippen molar-refractivity contribution < 1.29 is 14.3 Å². The van der Waals surface area contributed by atoms with Gasteiger partial charge in [0.1, 0.15) is 5.75 Å². The van der Waals surface area contributed by atoms with Gasteiger partial charge in [0.25, 0.3) is 5.91 Å². The Morgan fingerprint density at radius 2 is 1.82 bits per heavy atom. The minimum absolute atomic E-state index is 0.0742. The predicted octanol–water partition coefficient (Wildman–Crippen LogP) is 1.82. The molecule has 0 aliphatic rings. The zero-order chi connectivity index (χ0) is 16.9. The van der Waals surface area contributed by atoms with E-state index < -0.39 is 5.41 Å². The number of hydrogen-bond acceptors (Lipinski definition) is 4. The number of ether oxygens (including phenoxy) is 1. The Bertz CT molecular complexity index is 568. The summed E-state index contributed by atoms with van der Waals surface area (Å²) in [4.78, 5) is 23.8. The fourth-order valence-corrected chi connectivity index (χ4v) is 1.79. The van der Waals surface area contributed by atoms with Gasteiger partial charge >= 0.3 is 0 Å². The lowest BCUT2D eigenvalue weighted by Gasteiger charge is -2.17. The lowest BCUT2D eigenvalue weighted by Crippen LogP contribution is -2.39. The monoisotopic (exact) mass is 327 g/mol. The first-order valence-corrected chi connectivity index (χ1v) is 7.24. The number of amides is 2. The van der Waals surface area contributed by atoms with Gasteiger partial charge in [-0.25, -0.2) is 0 Å². The number of methoxy groups -OCH3 is 1. The van der Waals surface area contributed by atoms with Gasteiger partial charge in [-0.3, -0.25) is 9.59 Å². The van der Waals surface area contributed by atoms with Crippen LogP contribution in [0.2, 0.25) is 5.02 Å². The van der Waals surface area contributed by atoms with Crippen LogP contribution in [-0.4, -0.2) is 32.0 Å². The Morgan fingerprint density at radius 3 is 2.36 bits per heavy atom. The van der Waals surface area contributed by atoms with Gasteiger partial charge < -0.3 is 21.1 Å². The minimum atomic E-state index is -0.461. The molecule has 0 unspecified atom stereocenters. The van der Waals surface area contributed by atoms with E-state index in [2.05, 4.69) is 10.6 Å². The van der Waals surface area contributed by atoms with E-state index in [4.69, 9.17) is 22.1 Å². The Morgan fingerprint density at radius 1 is 1.23 bits per heavy atom. The van der Waals surface area contributed by atoms with E-state index in [0.717, 1.165) is 0 Å². The number of hydrogen-bond donors (Lipinski definition) is 3. The van der Waals surface area contributed by atoms with Crippen molar-refractivity contribution in [3.05, 3.63) is 22.7 Å². The molecule has 6 nitrogen and oxygen atoms in total. The van der Waals surface area contributed by atoms with E-state index >= 15 is 0 Å². The average molecular weight is 328 g/mol. The summed E-state index contributed by atoms with van der Waals surface area (Å²) in [5.74, 6) is -0.0725. The van der Waals surface area contributed by atoms with Crippen molar-refractivity contribution in [3.8, 4) is 5.75 Å². The van der Waals surface area contributed by atoms with Crippen molar-refractivity contribution in [2.75, 3.05) is 25.9 Å². The SMILES string of the molecule is COc1cc(N)c(Cl)cc1C(=O)NCCNC(=O)C(C)(C)C. The van der Waals surface area contributed by atoms with E-state index in [1.807, 2.05) is 20.8 Å². The first kappa shape index (κ1) is 18.1. The van der Waals surface area contributed by atoms with Crippen LogP contribution in [0, 0.1) is 5.41 Å². The van der Waals surface area contributed by atoms with Gasteiger partial charge in [0.2, 0.25) is 5.91 Å². The minimum Gasteiger partial charge on any atom is -0.496 e. The van der Waals surface area contributed by atoms with Gasteiger partial charge in [-0.1, -0.05) is 32.4 Å². The van der Waals surface area contributed by atoms with Crippen LogP contribution in [0.1, 0.15) is 31.1 Å². The third kappa shape index (κ3) is 4.80. The van der Waals surface area contributed by atoms with Crippen molar-refractivity contribution in [1.29, 1.82) is 0 Å². The number of nitrogens with two attached hydrogens (primary N) is 1. The van der Waals surface area contributed by atoms with Crippen LogP contribution in [0.15, 0.2) is 12.1 Å². The Labute approximate surface area is 135 Å². The van der Waals surface area contributed by atoms with Crippen LogP contribution in [0.5, 0.6) is 5.75 Å². The molecule has 1 rings (SSSR count). The maximum Gasteiger partial charge on any atom is 0.255 e. The number of nitrogens with one attached hydrogen (secondary N) is 2. The summed E-state index contributed by atoms with van der Waals surface area (Å²) in [7, 11) is 1.45. The van der Waals surface area contributed by atoms with Gasteiger partial charge in [-0.05, 0) is 6.07 Å². The fraction of sp³-hybridized carbons (Fsp3) is 0.467. The summed E-state index contributed by atoms with van der Waals surface area (Å²) in [5.41, 5.74) is 5.84. The second-order valence-corrected chi connectivity index (χ2v) is 6.24. The van der Waals surface area contributed by atoms with E-state index in [-0.39, 0.29) is 16.8 Å². The highest BCUT2D eigenvalue weighted by Crippen LogP contribution is 2.28. The van der Waals surface area contributed by atoms with Crippen LogP contribution >= 0.6 is 11.6 Å². The smallest absolute Gasteiger partial charge is 0.255 e. The first-order valence-electron chi connectivity index (χ1n) is 6.86. The molecule has 0 aromatic heterocycles. The summed E-state index contributed by atoms with van der Waals surface area (Å²) >= 11 is 5.92. The van der Waals surface area contributed by atoms with Gasteiger partial charge in [0.15, 0.2) is 0 Å². The van der Waals surface area contributed by atoms with E-state index in [1.165, 1.54) is 19.2 Å². The molecule has 0 saturated heterocycles. The Balaban J connectivity index is 2.60. The molecule has 122 valence electrons. The van der Waals surface area contributed by atoms with Crippen LogP contribution in [0.25, 0.3) is 0 Å². The largest absolute Gasteiger partial charge is 0.496 e. The molecule has 0 saturated carbocycles. The molecule has 0 heterocycles. The molecule has 0 aliphatic carbocycles. The normalized spacial score (nSPS) is 11.0. The molecule has 0 radical (unpaired) electrons. The van der Waals surface area contributed by atoms with Gasteiger partial charge in [-0.15, -0.1) is 0 Å². The van der Waals surface area contributed by atoms with Crippen molar-refractivity contribution in [2.24, 2.45) is 5.41 Å². The Kier molecular flexibility index (Phi) is 6.05. The highest BCUT2D eigenvalue weighted by atomic mass is 35.5. The molecule has 1 aromatic rings. The molecule has 0 spiro atoms. The maximum absolute atomic E-state index is 12.1. The molecule has 0 atom stereocenters. The van der Waals surface area contributed by atoms with Gasteiger partial charge in [-0.2, -0.15) is 0 Å². The zero-order valence-corrected chi connectivity index (χ0v) is 14.0. The fourth-order valence-electron chi connectivity index (χ4n) is 1.63. The molecule has 22 heavy (non-hydrogen) atoms. The predicted molar refractivity (Wildman–Crippen MR) is 87.2 cm³/mol. The van der Waals surface area contributed by atoms with Crippen LogP contribution in [0.4, 0.5) is 5.69 Å². The third-order valence-corrected chi connectivity index (χ3v) is 3.27. The molecular weight excluding hydrogens is 306 g/mol. The number of carbonyl (C=O) groups is 2. The van der Waals surface area contributed by atoms with Crippen molar-refractivity contribution in [1.82, 2.24) is 10.6 Å². The molecule has 0 fully saturated rings. The van der Waals surface area contributed by atoms with Crippen LogP contribution < -0.4 is 21.1 Å². The number of benzene rings is 1. The highest BCUT2D eigenvalue weighted by Gasteiger charge is 2.20. The van der Waals surface area contributed by atoms with Crippen molar-refractivity contribution in [2.45, 2.75) is 20.8 Å². The van der Waals surface area contributed by atoms with Crippen molar-refractivity contribution in [3.63, 3.8) is 0 Å². The van der Waals surface area contributed by atoms with E-state index in [0.29, 0.717) is 30.1 Å². The third-order valence-electron chi connectivity index (χ3n) is 2.94. The summed E-state index contributed by atoms with van der Waals surface area (Å²) in [6.07, 6.45) is 0. The van der Waals surface area contributed by atoms with Crippen LogP contribution in [0.3, 0.4) is 0 Å². The number of anilines is 1. The molecule has 0 aliphatic heterocycles. The molecule has 2 amide bonds. The second kappa shape index (κ2) is 7.35. The number of halogens is 1. The molecular formula is C15H22ClN3O3. The molecule has 0 bridgehead atoms. The average Bonchev–Trinajstić information content (AvgIpc) is 2.44. The number of rotatable bonds is 5. The second-order valence-electron chi connectivity index (χ2n) is 5.84. The molecule has 7 heteroatoms. The summed E-state index contributed by atoms with van der Waals surface area (Å²) in [6, 6.07) is 2.96.